The Kier molecular flexibility index (Phi) is 6.93. The lowest BCUT2D eigenvalue weighted by Gasteiger charge is -2.15. The molecule has 0 aliphatic heterocycles. The first kappa shape index (κ1) is 25.9. The van der Waals surface area contributed by atoms with Crippen LogP contribution < -0.4 is 4.74 Å². The molecule has 0 aliphatic carbocycles. The second-order valence-corrected chi connectivity index (χ2v) is 11.4. The maximum absolute atomic E-state index is 13.1. The van der Waals surface area contributed by atoms with Crippen molar-refractivity contribution in [3.8, 4) is 16.9 Å². The van der Waals surface area contributed by atoms with Gasteiger partial charge in [-0.25, -0.2) is 13.4 Å². The number of hydrogen-bond acceptors (Lipinski definition) is 5. The van der Waals surface area contributed by atoms with E-state index >= 15 is 0 Å². The number of nitrogens with zero attached hydrogens (tertiary/aromatic N) is 4. The predicted molar refractivity (Wildman–Crippen MR) is 141 cm³/mol. The molecule has 0 amide bonds. The fourth-order valence-electron chi connectivity index (χ4n) is 4.32. The minimum Gasteiger partial charge on any atom is -0.434 e. The lowest BCUT2D eigenvalue weighted by molar-refractivity contribution is -0.0504. The lowest BCUT2D eigenvalue weighted by Crippen LogP contribution is -2.10. The molecule has 0 N–H and O–H groups in total. The Morgan fingerprint density at radius 3 is 2.45 bits per heavy atom. The van der Waals surface area contributed by atoms with Gasteiger partial charge in [0, 0.05) is 42.1 Å². The molecule has 196 valence electrons. The van der Waals surface area contributed by atoms with Crippen molar-refractivity contribution in [2.75, 3.05) is 6.26 Å². The lowest BCUT2D eigenvalue weighted by atomic mass is 10.1. The number of alkyl halides is 2. The SMILES string of the molecule is Cn1cc(-c2ccc3nc(Cc4ccc(S(C)(=O)=O)cc4)n(Cc4cc(Cl)ccc4OC(F)F)c3c2)cn1. The zero-order valence-electron chi connectivity index (χ0n) is 20.5. The van der Waals surface area contributed by atoms with E-state index in [4.69, 9.17) is 21.3 Å². The van der Waals surface area contributed by atoms with E-state index in [0.717, 1.165) is 34.0 Å². The molecule has 0 saturated heterocycles. The highest BCUT2D eigenvalue weighted by Crippen LogP contribution is 2.30. The van der Waals surface area contributed by atoms with Crippen LogP contribution in [0.5, 0.6) is 5.75 Å². The van der Waals surface area contributed by atoms with Crippen molar-refractivity contribution >= 4 is 32.5 Å². The largest absolute Gasteiger partial charge is 0.434 e. The summed E-state index contributed by atoms with van der Waals surface area (Å²) in [4.78, 5) is 5.06. The molecule has 11 heteroatoms. The Hall–Kier alpha value is -3.76. The summed E-state index contributed by atoms with van der Waals surface area (Å²) in [6.45, 7) is -2.81. The number of aryl methyl sites for hydroxylation is 1. The Balaban J connectivity index is 1.62. The highest BCUT2D eigenvalue weighted by molar-refractivity contribution is 7.90. The van der Waals surface area contributed by atoms with Crippen molar-refractivity contribution in [2.45, 2.75) is 24.5 Å². The fraction of sp³-hybridized carbons (Fsp3) is 0.185. The number of benzene rings is 3. The molecule has 0 aliphatic rings. The fourth-order valence-corrected chi connectivity index (χ4v) is 5.15. The van der Waals surface area contributed by atoms with Crippen LogP contribution in [0.4, 0.5) is 8.78 Å². The zero-order valence-corrected chi connectivity index (χ0v) is 22.0. The van der Waals surface area contributed by atoms with Crippen LogP contribution in [0.2, 0.25) is 5.02 Å². The molecule has 0 spiro atoms. The van der Waals surface area contributed by atoms with Gasteiger partial charge >= 0.3 is 6.61 Å². The first-order chi connectivity index (χ1) is 18.1. The molecule has 5 rings (SSSR count). The van der Waals surface area contributed by atoms with Crippen LogP contribution >= 0.6 is 11.6 Å². The van der Waals surface area contributed by atoms with Crippen LogP contribution in [-0.4, -0.2) is 40.6 Å². The second kappa shape index (κ2) is 10.2. The third-order valence-electron chi connectivity index (χ3n) is 6.15. The highest BCUT2D eigenvalue weighted by Gasteiger charge is 2.18. The van der Waals surface area contributed by atoms with Gasteiger partial charge in [0.25, 0.3) is 0 Å². The number of hydrogen-bond donors (Lipinski definition) is 0. The van der Waals surface area contributed by atoms with Crippen LogP contribution in [0, 0.1) is 0 Å². The van der Waals surface area contributed by atoms with E-state index in [0.29, 0.717) is 22.8 Å². The van der Waals surface area contributed by atoms with Crippen LogP contribution in [0.25, 0.3) is 22.2 Å². The summed E-state index contributed by atoms with van der Waals surface area (Å²) in [5, 5.41) is 4.64. The molecule has 5 aromatic rings. The van der Waals surface area contributed by atoms with Crippen molar-refractivity contribution < 1.29 is 21.9 Å². The van der Waals surface area contributed by atoms with Gasteiger partial charge in [0.15, 0.2) is 9.84 Å². The summed E-state index contributed by atoms with van der Waals surface area (Å²) < 4.78 is 58.4. The van der Waals surface area contributed by atoms with Gasteiger partial charge in [-0.2, -0.15) is 13.9 Å². The van der Waals surface area contributed by atoms with Crippen molar-refractivity contribution in [3.63, 3.8) is 0 Å². The quantitative estimate of drug-likeness (QED) is 0.244. The maximum atomic E-state index is 13.1. The number of halogens is 3. The number of rotatable bonds is 8. The monoisotopic (exact) mass is 556 g/mol. The average molecular weight is 557 g/mol. The Morgan fingerprint density at radius 1 is 1.03 bits per heavy atom. The van der Waals surface area contributed by atoms with E-state index in [9.17, 15) is 17.2 Å². The van der Waals surface area contributed by atoms with Crippen molar-refractivity contribution in [3.05, 3.63) is 95.0 Å². The number of fused-ring (bicyclic) bond motifs is 1. The highest BCUT2D eigenvalue weighted by atomic mass is 35.5. The van der Waals surface area contributed by atoms with Crippen LogP contribution in [-0.2, 0) is 29.9 Å². The van der Waals surface area contributed by atoms with E-state index in [1.54, 1.807) is 41.2 Å². The van der Waals surface area contributed by atoms with Gasteiger partial charge in [0.2, 0.25) is 0 Å². The van der Waals surface area contributed by atoms with Gasteiger partial charge in [0.05, 0.1) is 28.7 Å². The van der Waals surface area contributed by atoms with E-state index in [2.05, 4.69) is 5.10 Å². The maximum Gasteiger partial charge on any atom is 0.387 e. The summed E-state index contributed by atoms with van der Waals surface area (Å²) in [6.07, 6.45) is 5.20. The predicted octanol–water partition coefficient (Wildman–Crippen LogP) is 5.73. The Labute approximate surface area is 223 Å². The molecule has 3 aromatic carbocycles. The normalized spacial score (nSPS) is 11.9. The summed E-state index contributed by atoms with van der Waals surface area (Å²) in [6, 6.07) is 17.0. The van der Waals surface area contributed by atoms with Crippen molar-refractivity contribution in [1.29, 1.82) is 0 Å². The molecule has 2 aromatic heterocycles. The summed E-state index contributed by atoms with van der Waals surface area (Å²) in [5.74, 6) is 0.691. The molecule has 0 unspecified atom stereocenters. The van der Waals surface area contributed by atoms with E-state index in [-0.39, 0.29) is 17.2 Å². The minimum atomic E-state index is -3.33. The van der Waals surface area contributed by atoms with E-state index in [1.807, 2.05) is 36.0 Å². The molecule has 0 bridgehead atoms. The summed E-state index contributed by atoms with van der Waals surface area (Å²) in [5.41, 5.74) is 4.67. The third kappa shape index (κ3) is 5.56. The summed E-state index contributed by atoms with van der Waals surface area (Å²) in [7, 11) is -1.49. The molecular weight excluding hydrogens is 534 g/mol. The topological polar surface area (TPSA) is 79.0 Å². The number of sulfone groups is 1. The van der Waals surface area contributed by atoms with Gasteiger partial charge < -0.3 is 9.30 Å². The number of ether oxygens (including phenoxy) is 1. The first-order valence-electron chi connectivity index (χ1n) is 11.6. The van der Waals surface area contributed by atoms with Crippen molar-refractivity contribution in [2.24, 2.45) is 7.05 Å². The molecular formula is C27H23ClF2N4O3S. The first-order valence-corrected chi connectivity index (χ1v) is 13.8. The van der Waals surface area contributed by atoms with E-state index < -0.39 is 16.4 Å². The van der Waals surface area contributed by atoms with Gasteiger partial charge in [-0.3, -0.25) is 4.68 Å². The number of aromatic nitrogens is 4. The number of imidazole rings is 1. The van der Waals surface area contributed by atoms with Gasteiger partial charge in [-0.1, -0.05) is 29.8 Å². The smallest absolute Gasteiger partial charge is 0.387 e. The van der Waals surface area contributed by atoms with Crippen LogP contribution in [0.3, 0.4) is 0 Å². The second-order valence-electron chi connectivity index (χ2n) is 8.94. The molecule has 7 nitrogen and oxygen atoms in total. The molecule has 0 saturated carbocycles. The minimum absolute atomic E-state index is 0.0260. The van der Waals surface area contributed by atoms with Gasteiger partial charge in [0.1, 0.15) is 11.6 Å². The Morgan fingerprint density at radius 2 is 1.79 bits per heavy atom. The van der Waals surface area contributed by atoms with Crippen molar-refractivity contribution in [1.82, 2.24) is 19.3 Å². The molecule has 38 heavy (non-hydrogen) atoms. The van der Waals surface area contributed by atoms with Crippen LogP contribution in [0.15, 0.2) is 78.0 Å². The summed E-state index contributed by atoms with van der Waals surface area (Å²) >= 11 is 6.21. The van der Waals surface area contributed by atoms with Gasteiger partial charge in [-0.15, -0.1) is 0 Å². The standard InChI is InChI=1S/C27H23ClF2N4O3S/c1-33-15-20(14-31-33)18-5-9-23-24(13-18)34(16-19-12-21(28)6-10-25(19)37-27(29)30)26(32-23)11-17-3-7-22(8-4-17)38(2,35)36/h3-10,12-15,27H,11,16H2,1-2H3. The third-order valence-corrected chi connectivity index (χ3v) is 7.51. The molecule has 0 radical (unpaired) electrons. The molecule has 0 fully saturated rings. The Bertz CT molecular complexity index is 1730. The molecule has 0 atom stereocenters. The van der Waals surface area contributed by atoms with Gasteiger partial charge in [-0.05, 0) is 53.6 Å². The van der Waals surface area contributed by atoms with Crippen LogP contribution in [0.1, 0.15) is 17.0 Å². The molecule has 2 heterocycles. The average Bonchev–Trinajstić information content (AvgIpc) is 3.43. The van der Waals surface area contributed by atoms with E-state index in [1.165, 1.54) is 12.1 Å². The zero-order chi connectivity index (χ0) is 27.0.